The van der Waals surface area contributed by atoms with Crippen LogP contribution < -0.4 is 11.4 Å². The zero-order chi connectivity index (χ0) is 12.6. The van der Waals surface area contributed by atoms with E-state index in [0.717, 1.165) is 0 Å². The van der Waals surface area contributed by atoms with E-state index in [2.05, 4.69) is 17.6 Å². The fourth-order valence-electron chi connectivity index (χ4n) is 1.73. The first-order valence-corrected chi connectivity index (χ1v) is 5.53. The molecule has 0 bridgehead atoms. The summed E-state index contributed by atoms with van der Waals surface area (Å²) < 4.78 is 6.54. The zero-order valence-corrected chi connectivity index (χ0v) is 9.70. The topological polar surface area (TPSA) is 111 Å². The highest BCUT2D eigenvalue weighted by atomic mass is 32.1. The number of nitrogens with zero attached hydrogens (tertiary/aromatic N) is 2. The molecule has 0 aromatic carbocycles. The van der Waals surface area contributed by atoms with Gasteiger partial charge in [-0.1, -0.05) is 0 Å². The second-order valence-electron chi connectivity index (χ2n) is 3.77. The minimum Gasteiger partial charge on any atom is -0.394 e. The molecule has 1 fully saturated rings. The highest BCUT2D eigenvalue weighted by Crippen LogP contribution is 2.31. The van der Waals surface area contributed by atoms with Gasteiger partial charge >= 0.3 is 5.69 Å². The van der Waals surface area contributed by atoms with Crippen LogP contribution in [0.2, 0.25) is 0 Å². The van der Waals surface area contributed by atoms with E-state index in [-0.39, 0.29) is 12.4 Å². The van der Waals surface area contributed by atoms with Crippen molar-refractivity contribution in [1.82, 2.24) is 9.55 Å². The van der Waals surface area contributed by atoms with Gasteiger partial charge in [-0.05, 0) is 6.07 Å². The number of thiol groups is 1. The molecule has 1 unspecified atom stereocenters. The molecular weight excluding hydrogens is 246 g/mol. The number of aliphatic hydroxyl groups excluding tert-OH is 2. The van der Waals surface area contributed by atoms with Crippen molar-refractivity contribution in [3.63, 3.8) is 0 Å². The SMILES string of the molecule is Nc1ccn([C@@H]2O[C@H](CO)[C@H](O)C2S)c(=O)n1. The van der Waals surface area contributed by atoms with Gasteiger partial charge in [-0.2, -0.15) is 17.6 Å². The summed E-state index contributed by atoms with van der Waals surface area (Å²) in [6.07, 6.45) is -1.05. The number of hydrogen-bond donors (Lipinski definition) is 4. The lowest BCUT2D eigenvalue weighted by Gasteiger charge is -2.17. The van der Waals surface area contributed by atoms with Crippen LogP contribution in [-0.4, -0.2) is 43.8 Å². The molecule has 1 saturated heterocycles. The highest BCUT2D eigenvalue weighted by molar-refractivity contribution is 7.81. The third-order valence-corrected chi connectivity index (χ3v) is 3.20. The van der Waals surface area contributed by atoms with Gasteiger partial charge in [0.1, 0.15) is 11.9 Å². The van der Waals surface area contributed by atoms with Crippen molar-refractivity contribution in [1.29, 1.82) is 0 Å². The first-order chi connectivity index (χ1) is 8.04. The number of rotatable bonds is 2. The third-order valence-electron chi connectivity index (χ3n) is 2.64. The van der Waals surface area contributed by atoms with Crippen molar-refractivity contribution in [3.8, 4) is 0 Å². The normalized spacial score (nSPS) is 32.9. The van der Waals surface area contributed by atoms with Gasteiger partial charge < -0.3 is 20.7 Å². The maximum absolute atomic E-state index is 11.6. The van der Waals surface area contributed by atoms with Gasteiger partial charge in [-0.25, -0.2) is 4.79 Å². The molecule has 0 spiro atoms. The number of ether oxygens (including phenoxy) is 1. The summed E-state index contributed by atoms with van der Waals surface area (Å²) in [5.41, 5.74) is 4.78. The van der Waals surface area contributed by atoms with Gasteiger partial charge in [-0.3, -0.25) is 4.57 Å². The predicted octanol–water partition coefficient (Wildman–Crippen LogP) is -1.63. The molecule has 17 heavy (non-hydrogen) atoms. The number of hydrogen-bond acceptors (Lipinski definition) is 7. The Morgan fingerprint density at radius 1 is 1.65 bits per heavy atom. The minimum atomic E-state index is -0.946. The highest BCUT2D eigenvalue weighted by Gasteiger charge is 2.42. The van der Waals surface area contributed by atoms with Crippen LogP contribution in [0.25, 0.3) is 0 Å². The average Bonchev–Trinajstić information content (AvgIpc) is 2.57. The first-order valence-electron chi connectivity index (χ1n) is 5.01. The van der Waals surface area contributed by atoms with E-state index in [9.17, 15) is 9.90 Å². The van der Waals surface area contributed by atoms with Gasteiger partial charge in [-0.15, -0.1) is 0 Å². The van der Waals surface area contributed by atoms with Crippen LogP contribution in [0.4, 0.5) is 5.82 Å². The van der Waals surface area contributed by atoms with Crippen molar-refractivity contribution >= 4 is 18.4 Å². The monoisotopic (exact) mass is 259 g/mol. The molecule has 2 heterocycles. The van der Waals surface area contributed by atoms with Crippen LogP contribution in [0.3, 0.4) is 0 Å². The zero-order valence-electron chi connectivity index (χ0n) is 8.80. The summed E-state index contributed by atoms with van der Waals surface area (Å²) in [6.45, 7) is -0.341. The van der Waals surface area contributed by atoms with Gasteiger partial charge in [0.05, 0.1) is 18.0 Å². The molecule has 7 nitrogen and oxygen atoms in total. The summed E-state index contributed by atoms with van der Waals surface area (Å²) in [5, 5.41) is 18.1. The van der Waals surface area contributed by atoms with E-state index >= 15 is 0 Å². The molecule has 0 aliphatic carbocycles. The third kappa shape index (κ3) is 2.16. The lowest BCUT2D eigenvalue weighted by atomic mass is 10.2. The largest absolute Gasteiger partial charge is 0.394 e. The molecule has 2 rings (SSSR count). The molecule has 1 aromatic rings. The molecule has 0 saturated carbocycles. The molecule has 4 N–H and O–H groups in total. The van der Waals surface area contributed by atoms with Crippen LogP contribution in [0.5, 0.6) is 0 Å². The van der Waals surface area contributed by atoms with Crippen molar-refractivity contribution in [2.75, 3.05) is 12.3 Å². The molecular formula is C9H13N3O4S. The second kappa shape index (κ2) is 4.65. The Labute approximate surface area is 102 Å². The van der Waals surface area contributed by atoms with Crippen molar-refractivity contribution in [3.05, 3.63) is 22.7 Å². The van der Waals surface area contributed by atoms with E-state index in [0.29, 0.717) is 0 Å². The Hall–Kier alpha value is -1.09. The van der Waals surface area contributed by atoms with E-state index < -0.39 is 29.4 Å². The van der Waals surface area contributed by atoms with Crippen LogP contribution in [0.15, 0.2) is 17.1 Å². The molecule has 4 atom stereocenters. The molecule has 0 radical (unpaired) electrons. The van der Waals surface area contributed by atoms with Crippen molar-refractivity contribution in [2.45, 2.75) is 23.7 Å². The van der Waals surface area contributed by atoms with E-state index in [4.69, 9.17) is 15.6 Å². The summed E-state index contributed by atoms with van der Waals surface area (Å²) in [7, 11) is 0. The number of nitrogen functional groups attached to an aromatic ring is 1. The van der Waals surface area contributed by atoms with Gasteiger partial charge in [0.15, 0.2) is 6.23 Å². The van der Waals surface area contributed by atoms with Gasteiger partial charge in [0.2, 0.25) is 0 Å². The summed E-state index contributed by atoms with van der Waals surface area (Å²) >= 11 is 4.18. The molecule has 94 valence electrons. The molecule has 1 aliphatic heterocycles. The van der Waals surface area contributed by atoms with E-state index in [1.807, 2.05) is 0 Å². The Bertz CT molecular complexity index is 466. The number of aromatic nitrogens is 2. The summed E-state index contributed by atoms with van der Waals surface area (Å²) in [4.78, 5) is 15.1. The Balaban J connectivity index is 2.32. The smallest absolute Gasteiger partial charge is 0.351 e. The number of nitrogens with two attached hydrogens (primary N) is 1. The summed E-state index contributed by atoms with van der Waals surface area (Å²) in [5.74, 6) is 0.110. The Kier molecular flexibility index (Phi) is 3.38. The first kappa shape index (κ1) is 12.4. The van der Waals surface area contributed by atoms with Gasteiger partial charge in [0.25, 0.3) is 0 Å². The molecule has 1 aliphatic rings. The van der Waals surface area contributed by atoms with Crippen molar-refractivity contribution in [2.24, 2.45) is 0 Å². The maximum Gasteiger partial charge on any atom is 0.351 e. The van der Waals surface area contributed by atoms with Gasteiger partial charge in [0, 0.05) is 6.20 Å². The Morgan fingerprint density at radius 2 is 2.35 bits per heavy atom. The van der Waals surface area contributed by atoms with Crippen LogP contribution in [0.1, 0.15) is 6.23 Å². The lowest BCUT2D eigenvalue weighted by Crippen LogP contribution is -2.33. The maximum atomic E-state index is 11.6. The number of anilines is 1. The fraction of sp³-hybridized carbons (Fsp3) is 0.556. The van der Waals surface area contributed by atoms with E-state index in [1.165, 1.54) is 16.8 Å². The average molecular weight is 259 g/mol. The standard InChI is InChI=1S/C9H13N3O4S/c10-5-1-2-12(9(15)11-5)8-7(17)6(14)4(3-13)16-8/h1-2,4,6-8,13-14,17H,3H2,(H2,10,11,15)/t4-,6+,7?,8-/m1/s1. The summed E-state index contributed by atoms with van der Waals surface area (Å²) in [6, 6.07) is 1.45. The quantitative estimate of drug-likeness (QED) is 0.475. The fourth-order valence-corrected chi connectivity index (χ4v) is 2.14. The lowest BCUT2D eigenvalue weighted by molar-refractivity contribution is -0.0456. The number of aliphatic hydroxyl groups is 2. The predicted molar refractivity (Wildman–Crippen MR) is 62.7 cm³/mol. The van der Waals surface area contributed by atoms with Crippen LogP contribution in [0, 0.1) is 0 Å². The van der Waals surface area contributed by atoms with Crippen molar-refractivity contribution < 1.29 is 14.9 Å². The van der Waals surface area contributed by atoms with Crippen LogP contribution >= 0.6 is 12.6 Å². The Morgan fingerprint density at radius 3 is 2.88 bits per heavy atom. The van der Waals surface area contributed by atoms with E-state index in [1.54, 1.807) is 0 Å². The molecule has 1 aromatic heterocycles. The van der Waals surface area contributed by atoms with Crippen LogP contribution in [-0.2, 0) is 4.74 Å². The second-order valence-corrected chi connectivity index (χ2v) is 4.37. The molecule has 8 heteroatoms. The minimum absolute atomic E-state index is 0.110. The molecule has 0 amide bonds.